The molecule has 0 aromatic heterocycles. The summed E-state index contributed by atoms with van der Waals surface area (Å²) in [5.41, 5.74) is -0.0355. The van der Waals surface area contributed by atoms with Crippen LogP contribution < -0.4 is 56.3 Å². The Labute approximate surface area is 128 Å². The number of para-hydroxylation sites is 1. The van der Waals surface area contributed by atoms with Crippen LogP contribution in [0.4, 0.5) is 23.0 Å². The summed E-state index contributed by atoms with van der Waals surface area (Å²) < 4.78 is 49.1. The van der Waals surface area contributed by atoms with Crippen LogP contribution in [0.3, 0.4) is 0 Å². The molecule has 0 heterocycles. The van der Waals surface area contributed by atoms with Gasteiger partial charge in [-0.25, -0.2) is 4.39 Å². The molecule has 0 amide bonds. The minimum absolute atomic E-state index is 0. The van der Waals surface area contributed by atoms with E-state index >= 15 is 0 Å². The van der Waals surface area contributed by atoms with Crippen molar-refractivity contribution in [3.8, 4) is 0 Å². The van der Waals surface area contributed by atoms with Crippen LogP contribution in [0, 0.1) is 5.82 Å². The minimum Gasteiger partial charge on any atom is -0.448 e. The smallest absolute Gasteiger partial charge is 0.448 e. The summed E-state index contributed by atoms with van der Waals surface area (Å²) in [5.74, 6) is -0.643. The molecule has 0 saturated carbocycles. The second-order valence-electron chi connectivity index (χ2n) is 3.04. The van der Waals surface area contributed by atoms with Gasteiger partial charge < -0.3 is 17.8 Å². The average Bonchev–Trinajstić information content (AvgIpc) is 2.01. The summed E-state index contributed by atoms with van der Waals surface area (Å²) in [5, 5.41) is 0. The molecule has 15 heavy (non-hydrogen) atoms. The Balaban J connectivity index is 0.00000196. The zero-order valence-corrected chi connectivity index (χ0v) is 11.7. The molecule has 0 aliphatic heterocycles. The fraction of sp³-hybridized carbons (Fsp3) is 0.250. The van der Waals surface area contributed by atoms with E-state index in [4.69, 9.17) is 0 Å². The predicted molar refractivity (Wildman–Crippen MR) is 48.7 cm³/mol. The molecular weight excluding hydrogens is 236 g/mol. The standard InChI is InChI=1S/C8H9BF4N.K/c1-14(6-9(11,12)13)8-5-3-2-4-7(8)10;/h2-5H,6H2,1H3;/q-1;+1. The molecule has 0 atom stereocenters. The largest absolute Gasteiger partial charge is 1.00 e. The van der Waals surface area contributed by atoms with Crippen LogP contribution in [-0.2, 0) is 0 Å². The van der Waals surface area contributed by atoms with Gasteiger partial charge in [-0.15, -0.1) is 0 Å². The maximum atomic E-state index is 13.0. The van der Waals surface area contributed by atoms with Gasteiger partial charge >= 0.3 is 58.4 Å². The molecular formula is C8H9BF4KN. The van der Waals surface area contributed by atoms with Crippen LogP contribution in [-0.4, -0.2) is 20.5 Å². The van der Waals surface area contributed by atoms with Crippen molar-refractivity contribution in [2.75, 3.05) is 18.4 Å². The SMILES string of the molecule is CN(C[B-](F)(F)F)c1ccccc1F.[K+]. The van der Waals surface area contributed by atoms with E-state index in [9.17, 15) is 17.3 Å². The second-order valence-corrected chi connectivity index (χ2v) is 3.04. The van der Waals surface area contributed by atoms with Crippen LogP contribution in [0.2, 0.25) is 0 Å². The fourth-order valence-corrected chi connectivity index (χ4v) is 1.17. The van der Waals surface area contributed by atoms with Crippen molar-refractivity contribution in [2.24, 2.45) is 0 Å². The van der Waals surface area contributed by atoms with Crippen LogP contribution in [0.5, 0.6) is 0 Å². The maximum Gasteiger partial charge on any atom is 1.00 e. The first-order chi connectivity index (χ1) is 6.40. The molecule has 0 aliphatic rings. The van der Waals surface area contributed by atoms with Gasteiger partial charge in [0, 0.05) is 7.05 Å². The Morgan fingerprint density at radius 3 is 2.20 bits per heavy atom. The number of hydrogen-bond donors (Lipinski definition) is 0. The Morgan fingerprint density at radius 2 is 1.73 bits per heavy atom. The normalized spacial score (nSPS) is 10.7. The van der Waals surface area contributed by atoms with Gasteiger partial charge in [0.2, 0.25) is 0 Å². The first-order valence-corrected chi connectivity index (χ1v) is 4.07. The number of nitrogens with zero attached hydrogens (tertiary/aromatic N) is 1. The molecule has 1 aromatic rings. The number of rotatable bonds is 3. The first kappa shape index (κ1) is 15.4. The van der Waals surface area contributed by atoms with Crippen molar-refractivity contribution in [3.63, 3.8) is 0 Å². The molecule has 0 radical (unpaired) electrons. The third-order valence-corrected chi connectivity index (χ3v) is 1.74. The summed E-state index contributed by atoms with van der Waals surface area (Å²) in [6.07, 6.45) is -1.10. The molecule has 1 rings (SSSR count). The second kappa shape index (κ2) is 6.24. The van der Waals surface area contributed by atoms with Crippen LogP contribution in [0.25, 0.3) is 0 Å². The first-order valence-electron chi connectivity index (χ1n) is 4.07. The van der Waals surface area contributed by atoms with E-state index in [-0.39, 0.29) is 57.1 Å². The number of halogens is 4. The molecule has 0 bridgehead atoms. The molecule has 1 aromatic carbocycles. The molecule has 1 nitrogen and oxygen atoms in total. The molecule has 0 spiro atoms. The Bertz CT molecular complexity index is 318. The maximum absolute atomic E-state index is 13.0. The van der Waals surface area contributed by atoms with E-state index in [1.165, 1.54) is 25.2 Å². The molecule has 0 N–H and O–H groups in total. The van der Waals surface area contributed by atoms with Crippen molar-refractivity contribution < 1.29 is 68.7 Å². The molecule has 0 unspecified atom stereocenters. The average molecular weight is 245 g/mol. The Kier molecular flexibility index (Phi) is 6.43. The number of anilines is 1. The summed E-state index contributed by atoms with van der Waals surface area (Å²) in [7, 11) is 1.22. The van der Waals surface area contributed by atoms with Crippen LogP contribution in [0.15, 0.2) is 24.3 Å². The van der Waals surface area contributed by atoms with Gasteiger partial charge in [0.1, 0.15) is 5.82 Å². The Morgan fingerprint density at radius 1 is 1.20 bits per heavy atom. The van der Waals surface area contributed by atoms with Crippen molar-refractivity contribution in [3.05, 3.63) is 30.1 Å². The van der Waals surface area contributed by atoms with Gasteiger partial charge in [-0.3, -0.25) is 0 Å². The molecule has 78 valence electrons. The van der Waals surface area contributed by atoms with Gasteiger partial charge in [-0.05, 0) is 18.6 Å². The van der Waals surface area contributed by atoms with Gasteiger partial charge in [0.15, 0.2) is 0 Å². The van der Waals surface area contributed by atoms with E-state index in [2.05, 4.69) is 0 Å². The van der Waals surface area contributed by atoms with Gasteiger partial charge in [-0.1, -0.05) is 12.1 Å². The van der Waals surface area contributed by atoms with E-state index in [1.54, 1.807) is 0 Å². The van der Waals surface area contributed by atoms with E-state index in [1.807, 2.05) is 0 Å². The molecule has 0 aliphatic carbocycles. The zero-order valence-electron chi connectivity index (χ0n) is 8.55. The van der Waals surface area contributed by atoms with E-state index < -0.39 is 19.2 Å². The minimum atomic E-state index is -4.93. The van der Waals surface area contributed by atoms with Crippen molar-refractivity contribution in [1.29, 1.82) is 0 Å². The van der Waals surface area contributed by atoms with Gasteiger partial charge in [0.05, 0.1) is 5.69 Å². The van der Waals surface area contributed by atoms with Crippen molar-refractivity contribution in [2.45, 2.75) is 0 Å². The predicted octanol–water partition coefficient (Wildman–Crippen LogP) is -0.347. The molecule has 0 saturated heterocycles. The third kappa shape index (κ3) is 5.35. The van der Waals surface area contributed by atoms with E-state index in [0.29, 0.717) is 0 Å². The van der Waals surface area contributed by atoms with Crippen molar-refractivity contribution in [1.82, 2.24) is 0 Å². The van der Waals surface area contributed by atoms with Crippen LogP contribution >= 0.6 is 0 Å². The van der Waals surface area contributed by atoms with Crippen molar-refractivity contribution >= 4 is 12.7 Å². The topological polar surface area (TPSA) is 3.24 Å². The van der Waals surface area contributed by atoms with Gasteiger partial charge in [0.25, 0.3) is 0 Å². The summed E-state index contributed by atoms with van der Waals surface area (Å²) >= 11 is 0. The van der Waals surface area contributed by atoms with E-state index in [0.717, 1.165) is 11.0 Å². The molecule has 0 fully saturated rings. The summed E-state index contributed by atoms with van der Waals surface area (Å²) in [6.45, 7) is -4.93. The molecule has 7 heteroatoms. The number of hydrogen-bond acceptors (Lipinski definition) is 1. The Hall–Kier alpha value is 0.441. The third-order valence-electron chi connectivity index (χ3n) is 1.74. The summed E-state index contributed by atoms with van der Waals surface area (Å²) in [4.78, 5) is 0.856. The quantitative estimate of drug-likeness (QED) is 0.520. The van der Waals surface area contributed by atoms with Crippen LogP contribution in [0.1, 0.15) is 0 Å². The summed E-state index contributed by atoms with van der Waals surface area (Å²) in [6, 6.07) is 5.38. The fourth-order valence-electron chi connectivity index (χ4n) is 1.17. The number of benzene rings is 1. The van der Waals surface area contributed by atoms with Gasteiger partial charge in [-0.2, -0.15) is 0 Å². The monoisotopic (exact) mass is 245 g/mol. The zero-order chi connectivity index (χ0) is 10.8.